The van der Waals surface area contributed by atoms with Crippen LogP contribution < -0.4 is 10.1 Å². The van der Waals surface area contributed by atoms with Gasteiger partial charge in [-0.2, -0.15) is 0 Å². The number of benzene rings is 2. The molecule has 2 aromatic rings. The number of rotatable bonds is 5. The minimum Gasteiger partial charge on any atom is -0.406 e. The van der Waals surface area contributed by atoms with Crippen LogP contribution >= 0.6 is 15.9 Å². The Balaban J connectivity index is 2.05. The molecule has 25 heavy (non-hydrogen) atoms. The lowest BCUT2D eigenvalue weighted by molar-refractivity contribution is -0.274. The number of hydrogen-bond acceptors (Lipinski definition) is 3. The summed E-state index contributed by atoms with van der Waals surface area (Å²) >= 11 is 3.31. The predicted octanol–water partition coefficient (Wildman–Crippen LogP) is 4.08. The maximum atomic E-state index is 12.4. The lowest BCUT2D eigenvalue weighted by Crippen LogP contribution is -2.25. The number of amides is 1. The van der Waals surface area contributed by atoms with E-state index in [0.717, 1.165) is 4.47 Å². The maximum Gasteiger partial charge on any atom is 0.573 e. The van der Waals surface area contributed by atoms with Gasteiger partial charge in [-0.05, 0) is 47.9 Å². The molecule has 134 valence electrons. The van der Waals surface area contributed by atoms with Crippen LogP contribution in [0.4, 0.5) is 13.2 Å². The molecule has 0 saturated heterocycles. The number of ether oxygens (including phenoxy) is 1. The second-order valence-corrected chi connectivity index (χ2v) is 6.21. The summed E-state index contributed by atoms with van der Waals surface area (Å²) in [5.41, 5.74) is 2.18. The number of halogens is 4. The fraction of sp³-hybridized carbons (Fsp3) is 0.235. The quantitative estimate of drug-likeness (QED) is 0.770. The molecule has 0 atom stereocenters. The first-order chi connectivity index (χ1) is 11.7. The van der Waals surface area contributed by atoms with Crippen LogP contribution in [0.5, 0.6) is 5.75 Å². The van der Waals surface area contributed by atoms with E-state index in [2.05, 4.69) is 26.0 Å². The van der Waals surface area contributed by atoms with E-state index in [1.165, 1.54) is 24.3 Å². The fourth-order valence-electron chi connectivity index (χ4n) is 2.34. The molecule has 8 heteroatoms. The van der Waals surface area contributed by atoms with Gasteiger partial charge in [-0.15, -0.1) is 13.2 Å². The molecular formula is C17H15BrF3NO3. The Labute approximate surface area is 150 Å². The van der Waals surface area contributed by atoms with Gasteiger partial charge in [0.15, 0.2) is 0 Å². The second kappa shape index (κ2) is 7.88. The Morgan fingerprint density at radius 1 is 1.24 bits per heavy atom. The van der Waals surface area contributed by atoms with Crippen LogP contribution in [0.1, 0.15) is 27.0 Å². The van der Waals surface area contributed by atoms with Gasteiger partial charge >= 0.3 is 6.36 Å². The summed E-state index contributed by atoms with van der Waals surface area (Å²) in [7, 11) is 0. The van der Waals surface area contributed by atoms with Crippen LogP contribution in [-0.2, 0) is 13.2 Å². The Kier molecular flexibility index (Phi) is 6.07. The van der Waals surface area contributed by atoms with Gasteiger partial charge in [0.1, 0.15) is 5.75 Å². The summed E-state index contributed by atoms with van der Waals surface area (Å²) in [5, 5.41) is 12.1. The van der Waals surface area contributed by atoms with Crippen LogP contribution in [0.2, 0.25) is 0 Å². The molecule has 0 saturated carbocycles. The second-order valence-electron chi connectivity index (χ2n) is 5.29. The molecule has 2 N–H and O–H groups in total. The van der Waals surface area contributed by atoms with Gasteiger partial charge in [0.2, 0.25) is 0 Å². The van der Waals surface area contributed by atoms with Gasteiger partial charge in [0.05, 0.1) is 6.61 Å². The van der Waals surface area contributed by atoms with Gasteiger partial charge in [-0.25, -0.2) is 0 Å². The molecule has 0 bridgehead atoms. The zero-order valence-electron chi connectivity index (χ0n) is 13.2. The van der Waals surface area contributed by atoms with Gasteiger partial charge in [-0.3, -0.25) is 4.79 Å². The largest absolute Gasteiger partial charge is 0.573 e. The van der Waals surface area contributed by atoms with Crippen molar-refractivity contribution >= 4 is 21.8 Å². The molecule has 2 aromatic carbocycles. The van der Waals surface area contributed by atoms with Crippen LogP contribution in [0, 0.1) is 6.92 Å². The van der Waals surface area contributed by atoms with Crippen molar-refractivity contribution in [3.63, 3.8) is 0 Å². The molecule has 0 radical (unpaired) electrons. The molecule has 1 amide bonds. The SMILES string of the molecule is Cc1cc(Br)cc(CO)c1C(=O)NCc1ccc(OC(F)(F)F)cc1. The van der Waals surface area contributed by atoms with E-state index in [-0.39, 0.29) is 24.8 Å². The lowest BCUT2D eigenvalue weighted by Gasteiger charge is -2.13. The normalized spacial score (nSPS) is 11.3. The van der Waals surface area contributed by atoms with Crippen molar-refractivity contribution in [2.45, 2.75) is 26.4 Å². The number of hydrogen-bond donors (Lipinski definition) is 2. The number of aliphatic hydroxyl groups is 1. The van der Waals surface area contributed by atoms with Crippen molar-refractivity contribution in [1.82, 2.24) is 5.32 Å². The van der Waals surface area contributed by atoms with E-state index in [4.69, 9.17) is 0 Å². The molecule has 0 heterocycles. The highest BCUT2D eigenvalue weighted by molar-refractivity contribution is 9.10. The molecule has 0 fully saturated rings. The summed E-state index contributed by atoms with van der Waals surface area (Å²) in [4.78, 5) is 12.4. The highest BCUT2D eigenvalue weighted by Crippen LogP contribution is 2.23. The topological polar surface area (TPSA) is 58.6 Å². The summed E-state index contributed by atoms with van der Waals surface area (Å²) in [6, 6.07) is 8.64. The van der Waals surface area contributed by atoms with Gasteiger partial charge in [-0.1, -0.05) is 28.1 Å². The van der Waals surface area contributed by atoms with Crippen molar-refractivity contribution in [3.05, 3.63) is 63.1 Å². The maximum absolute atomic E-state index is 12.4. The first kappa shape index (κ1) is 19.3. The number of carbonyl (C=O) groups is 1. The fourth-order valence-corrected chi connectivity index (χ4v) is 2.96. The van der Waals surface area contributed by atoms with Crippen molar-refractivity contribution < 1.29 is 27.8 Å². The Bertz CT molecular complexity index is 761. The van der Waals surface area contributed by atoms with E-state index in [9.17, 15) is 23.1 Å². The smallest absolute Gasteiger partial charge is 0.406 e. The Morgan fingerprint density at radius 3 is 2.44 bits per heavy atom. The summed E-state index contributed by atoms with van der Waals surface area (Å²) in [6.07, 6.45) is -4.74. The third-order valence-electron chi connectivity index (χ3n) is 3.39. The Hall–Kier alpha value is -2.06. The number of nitrogens with one attached hydrogen (secondary N) is 1. The first-order valence-corrected chi connectivity index (χ1v) is 8.01. The molecule has 0 aliphatic carbocycles. The van der Waals surface area contributed by atoms with Gasteiger partial charge in [0.25, 0.3) is 5.91 Å². The number of aryl methyl sites for hydroxylation is 1. The zero-order chi connectivity index (χ0) is 18.6. The van der Waals surface area contributed by atoms with E-state index in [0.29, 0.717) is 22.3 Å². The van der Waals surface area contributed by atoms with Crippen LogP contribution in [0.3, 0.4) is 0 Å². The van der Waals surface area contributed by atoms with Gasteiger partial charge in [0, 0.05) is 16.6 Å². The average molecular weight is 418 g/mol. The van der Waals surface area contributed by atoms with Crippen LogP contribution in [0.25, 0.3) is 0 Å². The molecule has 4 nitrogen and oxygen atoms in total. The minimum absolute atomic E-state index is 0.130. The molecule has 0 aliphatic rings. The summed E-state index contributed by atoms with van der Waals surface area (Å²) < 4.78 is 40.9. The van der Waals surface area contributed by atoms with Crippen molar-refractivity contribution in [1.29, 1.82) is 0 Å². The van der Waals surface area contributed by atoms with E-state index >= 15 is 0 Å². The highest BCUT2D eigenvalue weighted by atomic mass is 79.9. The zero-order valence-corrected chi connectivity index (χ0v) is 14.7. The van der Waals surface area contributed by atoms with Crippen molar-refractivity contribution in [3.8, 4) is 5.75 Å². The standard InChI is InChI=1S/C17H15BrF3NO3/c1-10-6-13(18)7-12(9-23)15(10)16(24)22-8-11-2-4-14(5-3-11)25-17(19,20)21/h2-7,23H,8-9H2,1H3,(H,22,24). The molecule has 0 unspecified atom stereocenters. The predicted molar refractivity (Wildman–Crippen MR) is 89.1 cm³/mol. The highest BCUT2D eigenvalue weighted by Gasteiger charge is 2.30. The molecule has 0 aliphatic heterocycles. The van der Waals surface area contributed by atoms with E-state index < -0.39 is 6.36 Å². The lowest BCUT2D eigenvalue weighted by atomic mass is 10.0. The van der Waals surface area contributed by atoms with Crippen molar-refractivity contribution in [2.24, 2.45) is 0 Å². The van der Waals surface area contributed by atoms with E-state index in [1.54, 1.807) is 19.1 Å². The number of carbonyl (C=O) groups excluding carboxylic acids is 1. The summed E-state index contributed by atoms with van der Waals surface area (Å²) in [6.45, 7) is 1.60. The molecule has 2 rings (SSSR count). The minimum atomic E-state index is -4.74. The monoisotopic (exact) mass is 417 g/mol. The van der Waals surface area contributed by atoms with Crippen molar-refractivity contribution in [2.75, 3.05) is 0 Å². The first-order valence-electron chi connectivity index (χ1n) is 7.22. The Morgan fingerprint density at radius 2 is 1.88 bits per heavy atom. The molecular weight excluding hydrogens is 403 g/mol. The number of alkyl halides is 3. The molecule has 0 spiro atoms. The van der Waals surface area contributed by atoms with Crippen LogP contribution in [0.15, 0.2) is 40.9 Å². The van der Waals surface area contributed by atoms with Gasteiger partial charge < -0.3 is 15.2 Å². The van der Waals surface area contributed by atoms with Crippen LogP contribution in [-0.4, -0.2) is 17.4 Å². The van der Waals surface area contributed by atoms with E-state index in [1.807, 2.05) is 0 Å². The third-order valence-corrected chi connectivity index (χ3v) is 3.85. The average Bonchev–Trinajstić information content (AvgIpc) is 2.51. The number of aliphatic hydroxyl groups excluding tert-OH is 1. The molecule has 0 aromatic heterocycles. The third kappa shape index (κ3) is 5.47. The summed E-state index contributed by atoms with van der Waals surface area (Å²) in [5.74, 6) is -0.696.